The maximum atomic E-state index is 11.0. The van der Waals surface area contributed by atoms with Crippen LogP contribution in [0, 0.1) is 16.7 Å². The van der Waals surface area contributed by atoms with Gasteiger partial charge in [0.15, 0.2) is 0 Å². The molecule has 0 unspecified atom stereocenters. The molecule has 2 aliphatic carbocycles. The van der Waals surface area contributed by atoms with Gasteiger partial charge in [0.2, 0.25) is 0 Å². The highest BCUT2D eigenvalue weighted by Gasteiger charge is 2.61. The minimum Gasteiger partial charge on any atom is -0.303 e. The van der Waals surface area contributed by atoms with Gasteiger partial charge in [0.25, 0.3) is 0 Å². The van der Waals surface area contributed by atoms with Gasteiger partial charge in [-0.15, -0.1) is 11.6 Å². The van der Waals surface area contributed by atoms with E-state index in [2.05, 4.69) is 6.92 Å². The van der Waals surface area contributed by atoms with Crippen molar-refractivity contribution in [1.82, 2.24) is 0 Å². The van der Waals surface area contributed by atoms with E-state index in [1.807, 2.05) is 6.92 Å². The summed E-state index contributed by atoms with van der Waals surface area (Å²) in [4.78, 5) is 11.0. The van der Waals surface area contributed by atoms with E-state index in [1.165, 1.54) is 12.8 Å². The van der Waals surface area contributed by atoms with Crippen molar-refractivity contribution in [3.63, 3.8) is 0 Å². The fourth-order valence-corrected chi connectivity index (χ4v) is 3.59. The average molecular weight is 187 g/mol. The van der Waals surface area contributed by atoms with Crippen molar-refractivity contribution in [2.24, 2.45) is 16.7 Å². The molecule has 2 rings (SSSR count). The van der Waals surface area contributed by atoms with Gasteiger partial charge in [-0.3, -0.25) is 0 Å². The van der Waals surface area contributed by atoms with Gasteiger partial charge in [-0.25, -0.2) is 0 Å². The van der Waals surface area contributed by atoms with Crippen molar-refractivity contribution in [3.05, 3.63) is 0 Å². The van der Waals surface area contributed by atoms with Gasteiger partial charge in [-0.05, 0) is 30.6 Å². The van der Waals surface area contributed by atoms with Crippen LogP contribution in [-0.4, -0.2) is 11.7 Å². The topological polar surface area (TPSA) is 17.1 Å². The molecule has 12 heavy (non-hydrogen) atoms. The Morgan fingerprint density at radius 3 is 2.50 bits per heavy atom. The number of aldehydes is 1. The second-order valence-electron chi connectivity index (χ2n) is 4.87. The summed E-state index contributed by atoms with van der Waals surface area (Å²) in [6.45, 7) is 4.24. The van der Waals surface area contributed by atoms with E-state index >= 15 is 0 Å². The van der Waals surface area contributed by atoms with Gasteiger partial charge >= 0.3 is 0 Å². The lowest BCUT2D eigenvalue weighted by Gasteiger charge is -2.40. The van der Waals surface area contributed by atoms with E-state index in [4.69, 9.17) is 11.6 Å². The first-order valence-electron chi connectivity index (χ1n) is 4.64. The van der Waals surface area contributed by atoms with Gasteiger partial charge in [-0.2, -0.15) is 0 Å². The zero-order valence-electron chi connectivity index (χ0n) is 7.64. The Hall–Kier alpha value is -0.0400. The van der Waals surface area contributed by atoms with E-state index in [1.54, 1.807) is 0 Å². The molecule has 0 aromatic heterocycles. The van der Waals surface area contributed by atoms with E-state index in [9.17, 15) is 4.79 Å². The van der Waals surface area contributed by atoms with Crippen LogP contribution < -0.4 is 0 Å². The Kier molecular flexibility index (Phi) is 1.61. The lowest BCUT2D eigenvalue weighted by molar-refractivity contribution is -0.120. The van der Waals surface area contributed by atoms with Crippen LogP contribution in [0.25, 0.3) is 0 Å². The van der Waals surface area contributed by atoms with Crippen LogP contribution in [-0.2, 0) is 4.79 Å². The van der Waals surface area contributed by atoms with Crippen molar-refractivity contribution in [3.8, 4) is 0 Å². The zero-order chi connectivity index (χ0) is 8.98. The molecule has 0 saturated heterocycles. The summed E-state index contributed by atoms with van der Waals surface area (Å²) < 4.78 is 0. The monoisotopic (exact) mass is 186 g/mol. The van der Waals surface area contributed by atoms with Crippen LogP contribution in [0.4, 0.5) is 0 Å². The number of carbonyl (C=O) groups is 1. The van der Waals surface area contributed by atoms with E-state index in [-0.39, 0.29) is 16.2 Å². The minimum atomic E-state index is -0.266. The fraction of sp³-hybridized carbons (Fsp3) is 0.900. The van der Waals surface area contributed by atoms with Crippen LogP contribution in [0.1, 0.15) is 33.1 Å². The summed E-state index contributed by atoms with van der Waals surface area (Å²) in [5.41, 5.74) is -0.0801. The summed E-state index contributed by atoms with van der Waals surface area (Å²) in [7, 11) is 0. The van der Waals surface area contributed by atoms with Crippen molar-refractivity contribution in [1.29, 1.82) is 0 Å². The summed E-state index contributed by atoms with van der Waals surface area (Å²) in [6.07, 6.45) is 4.63. The SMILES string of the molecule is C[C@]12CC[C@H](C1)[C@@H](Cl)[C@@]2(C)C=O. The summed E-state index contributed by atoms with van der Waals surface area (Å²) in [5.74, 6) is 0.590. The van der Waals surface area contributed by atoms with Crippen molar-refractivity contribution in [2.75, 3.05) is 0 Å². The molecule has 2 fully saturated rings. The van der Waals surface area contributed by atoms with Crippen LogP contribution in [0.5, 0.6) is 0 Å². The molecule has 2 aliphatic rings. The Morgan fingerprint density at radius 2 is 2.17 bits per heavy atom. The van der Waals surface area contributed by atoms with E-state index in [0.717, 1.165) is 12.7 Å². The summed E-state index contributed by atoms with van der Waals surface area (Å²) >= 11 is 6.27. The molecule has 2 saturated carbocycles. The third-order valence-corrected chi connectivity index (χ3v) is 5.12. The van der Waals surface area contributed by atoms with Crippen molar-refractivity contribution in [2.45, 2.75) is 38.5 Å². The molecular formula is C10H15ClO. The predicted octanol–water partition coefficient (Wildman–Crippen LogP) is 2.62. The van der Waals surface area contributed by atoms with Crippen LogP contribution in [0.15, 0.2) is 0 Å². The second-order valence-corrected chi connectivity index (χ2v) is 5.34. The number of alkyl halides is 1. The fourth-order valence-electron chi connectivity index (χ4n) is 3.06. The Morgan fingerprint density at radius 1 is 1.50 bits per heavy atom. The molecule has 0 aliphatic heterocycles. The first-order valence-corrected chi connectivity index (χ1v) is 5.07. The largest absolute Gasteiger partial charge is 0.303 e. The van der Waals surface area contributed by atoms with Crippen LogP contribution in [0.2, 0.25) is 0 Å². The van der Waals surface area contributed by atoms with Gasteiger partial charge in [-0.1, -0.05) is 13.8 Å². The lowest BCUT2D eigenvalue weighted by Crippen LogP contribution is -2.41. The van der Waals surface area contributed by atoms with E-state index in [0.29, 0.717) is 5.92 Å². The molecule has 0 aromatic rings. The van der Waals surface area contributed by atoms with Crippen LogP contribution in [0.3, 0.4) is 0 Å². The van der Waals surface area contributed by atoms with Crippen molar-refractivity contribution >= 4 is 17.9 Å². The highest BCUT2D eigenvalue weighted by Crippen LogP contribution is 2.64. The van der Waals surface area contributed by atoms with Gasteiger partial charge in [0, 0.05) is 10.8 Å². The molecule has 68 valence electrons. The number of rotatable bonds is 1. The smallest absolute Gasteiger partial charge is 0.127 e. The highest BCUT2D eigenvalue weighted by atomic mass is 35.5. The minimum absolute atomic E-state index is 0.0775. The first kappa shape index (κ1) is 8.55. The molecule has 2 bridgehead atoms. The molecule has 0 heterocycles. The van der Waals surface area contributed by atoms with Crippen molar-refractivity contribution < 1.29 is 4.79 Å². The number of hydrogen-bond donors (Lipinski definition) is 0. The highest BCUT2D eigenvalue weighted by molar-refractivity contribution is 6.22. The maximum Gasteiger partial charge on any atom is 0.127 e. The Bertz CT molecular complexity index is 228. The summed E-state index contributed by atoms with van der Waals surface area (Å²) in [6, 6.07) is 0. The molecule has 1 nitrogen and oxygen atoms in total. The number of hydrogen-bond acceptors (Lipinski definition) is 1. The molecule has 0 amide bonds. The zero-order valence-corrected chi connectivity index (χ0v) is 8.40. The molecule has 0 N–H and O–H groups in total. The summed E-state index contributed by atoms with van der Waals surface area (Å²) in [5, 5.41) is 0.0775. The van der Waals surface area contributed by atoms with Crippen LogP contribution >= 0.6 is 11.6 Å². The molecule has 0 spiro atoms. The molecule has 0 radical (unpaired) electrons. The quantitative estimate of drug-likeness (QED) is 0.455. The normalized spacial score (nSPS) is 57.6. The number of carbonyl (C=O) groups excluding carboxylic acids is 1. The molecule has 4 atom stereocenters. The standard InChI is InChI=1S/C10H15ClO/c1-9-4-3-7(5-9)8(11)10(9,2)6-12/h6-8H,3-5H2,1-2H3/t7-,8-,9+,10-/m1/s1. The maximum absolute atomic E-state index is 11.0. The first-order chi connectivity index (χ1) is 5.53. The molecule has 2 heteroatoms. The van der Waals surface area contributed by atoms with Gasteiger partial charge in [0.1, 0.15) is 6.29 Å². The second kappa shape index (κ2) is 2.25. The Labute approximate surface area is 78.5 Å². The van der Waals surface area contributed by atoms with Gasteiger partial charge in [0.05, 0.1) is 0 Å². The average Bonchev–Trinajstić information content (AvgIpc) is 2.52. The van der Waals surface area contributed by atoms with E-state index < -0.39 is 0 Å². The van der Waals surface area contributed by atoms with Gasteiger partial charge < -0.3 is 4.79 Å². The predicted molar refractivity (Wildman–Crippen MR) is 49.3 cm³/mol. The Balaban J connectivity index is 2.41. The molecule has 0 aromatic carbocycles. The number of halogens is 1. The lowest BCUT2D eigenvalue weighted by atomic mass is 9.66. The third kappa shape index (κ3) is 0.736. The third-order valence-electron chi connectivity index (χ3n) is 4.31. The number of fused-ring (bicyclic) bond motifs is 2. The molecular weight excluding hydrogens is 172 g/mol.